The summed E-state index contributed by atoms with van der Waals surface area (Å²) < 4.78 is 7.62. The molecule has 1 unspecified atom stereocenters. The largest absolute Gasteiger partial charge is 0.369 e. The summed E-state index contributed by atoms with van der Waals surface area (Å²) in [6.07, 6.45) is 3.98. The normalized spacial score (nSPS) is 13.8. The summed E-state index contributed by atoms with van der Waals surface area (Å²) in [6.45, 7) is 8.70. The molecule has 0 saturated carbocycles. The average Bonchev–Trinajstić information content (AvgIpc) is 2.62. The maximum absolute atomic E-state index is 5.70. The molecule has 1 rings (SSSR count). The predicted molar refractivity (Wildman–Crippen MR) is 60.6 cm³/mol. The molecule has 0 aliphatic rings. The van der Waals surface area contributed by atoms with E-state index in [1.54, 1.807) is 0 Å². The maximum atomic E-state index is 5.70. The summed E-state index contributed by atoms with van der Waals surface area (Å²) in [5.41, 5.74) is 6.73. The number of aromatic nitrogens is 2. The lowest BCUT2D eigenvalue weighted by Crippen LogP contribution is -2.18. The SMILES string of the molecule is CC(C)OC(CN)c1cnn(C(C)C)c1. The molecule has 4 heteroatoms. The first-order chi connectivity index (χ1) is 7.04. The predicted octanol–water partition coefficient (Wildman–Crippen LogP) is 1.89. The summed E-state index contributed by atoms with van der Waals surface area (Å²) in [5, 5.41) is 4.27. The standard InChI is InChI=1S/C11H21N3O/c1-8(2)14-7-10(6-13-14)11(5-12)15-9(3)4/h6-9,11H,5,12H2,1-4H3. The van der Waals surface area contributed by atoms with E-state index in [1.165, 1.54) is 0 Å². The van der Waals surface area contributed by atoms with Gasteiger partial charge >= 0.3 is 0 Å². The number of nitrogens with zero attached hydrogens (tertiary/aromatic N) is 2. The molecule has 2 N–H and O–H groups in total. The molecule has 0 radical (unpaired) electrons. The highest BCUT2D eigenvalue weighted by molar-refractivity contribution is 5.09. The van der Waals surface area contributed by atoms with Gasteiger partial charge in [0.15, 0.2) is 0 Å². The number of hydrogen-bond acceptors (Lipinski definition) is 3. The highest BCUT2D eigenvalue weighted by atomic mass is 16.5. The van der Waals surface area contributed by atoms with Gasteiger partial charge in [-0.05, 0) is 27.7 Å². The third-order valence-corrected chi connectivity index (χ3v) is 2.17. The molecule has 0 aromatic carbocycles. The van der Waals surface area contributed by atoms with Gasteiger partial charge in [-0.25, -0.2) is 0 Å². The molecule has 0 aliphatic heterocycles. The Morgan fingerprint density at radius 3 is 2.47 bits per heavy atom. The van der Waals surface area contributed by atoms with E-state index >= 15 is 0 Å². The van der Waals surface area contributed by atoms with Crippen LogP contribution < -0.4 is 5.73 Å². The summed E-state index contributed by atoms with van der Waals surface area (Å²) in [4.78, 5) is 0. The zero-order chi connectivity index (χ0) is 11.4. The van der Waals surface area contributed by atoms with Gasteiger partial charge in [0.1, 0.15) is 0 Å². The van der Waals surface area contributed by atoms with Gasteiger partial charge in [-0.3, -0.25) is 4.68 Å². The van der Waals surface area contributed by atoms with Crippen LogP contribution in [0.4, 0.5) is 0 Å². The Morgan fingerprint density at radius 2 is 2.07 bits per heavy atom. The molecule has 0 fully saturated rings. The Morgan fingerprint density at radius 1 is 1.40 bits per heavy atom. The minimum Gasteiger partial charge on any atom is -0.369 e. The zero-order valence-electron chi connectivity index (χ0n) is 9.97. The van der Waals surface area contributed by atoms with Gasteiger partial charge in [-0.15, -0.1) is 0 Å². The molecule has 1 aromatic rings. The van der Waals surface area contributed by atoms with E-state index in [9.17, 15) is 0 Å². The van der Waals surface area contributed by atoms with E-state index < -0.39 is 0 Å². The van der Waals surface area contributed by atoms with Crippen molar-refractivity contribution in [3.63, 3.8) is 0 Å². The summed E-state index contributed by atoms with van der Waals surface area (Å²) in [7, 11) is 0. The molecule has 0 aliphatic carbocycles. The van der Waals surface area contributed by atoms with Crippen molar-refractivity contribution in [2.45, 2.75) is 45.9 Å². The molecule has 1 aromatic heterocycles. The van der Waals surface area contributed by atoms with Gasteiger partial charge in [-0.1, -0.05) is 0 Å². The second-order valence-electron chi connectivity index (χ2n) is 4.26. The molecular formula is C11H21N3O. The Labute approximate surface area is 91.4 Å². The Bertz CT molecular complexity index is 294. The summed E-state index contributed by atoms with van der Waals surface area (Å²) in [6, 6.07) is 0.372. The number of hydrogen-bond donors (Lipinski definition) is 1. The minimum absolute atomic E-state index is 0.0440. The molecule has 1 heterocycles. The van der Waals surface area contributed by atoms with E-state index in [0.717, 1.165) is 5.56 Å². The van der Waals surface area contributed by atoms with Gasteiger partial charge in [-0.2, -0.15) is 5.10 Å². The molecule has 86 valence electrons. The number of ether oxygens (including phenoxy) is 1. The summed E-state index contributed by atoms with van der Waals surface area (Å²) in [5.74, 6) is 0. The van der Waals surface area contributed by atoms with Crippen LogP contribution >= 0.6 is 0 Å². The fourth-order valence-electron chi connectivity index (χ4n) is 1.40. The van der Waals surface area contributed by atoms with E-state index in [1.807, 2.05) is 30.9 Å². The van der Waals surface area contributed by atoms with Gasteiger partial charge in [0.25, 0.3) is 0 Å². The Kier molecular flexibility index (Phi) is 4.29. The lowest BCUT2D eigenvalue weighted by Gasteiger charge is -2.17. The van der Waals surface area contributed by atoms with E-state index in [2.05, 4.69) is 18.9 Å². The van der Waals surface area contributed by atoms with Crippen molar-refractivity contribution < 1.29 is 4.74 Å². The van der Waals surface area contributed by atoms with Gasteiger partial charge in [0.05, 0.1) is 18.4 Å². The quantitative estimate of drug-likeness (QED) is 0.809. The van der Waals surface area contributed by atoms with Crippen LogP contribution in [0.1, 0.15) is 45.4 Å². The van der Waals surface area contributed by atoms with Gasteiger partial charge in [0, 0.05) is 24.3 Å². The van der Waals surface area contributed by atoms with Crippen molar-refractivity contribution in [1.82, 2.24) is 9.78 Å². The van der Waals surface area contributed by atoms with Crippen molar-refractivity contribution >= 4 is 0 Å². The molecule has 0 amide bonds. The van der Waals surface area contributed by atoms with E-state index in [0.29, 0.717) is 12.6 Å². The topological polar surface area (TPSA) is 53.1 Å². The smallest absolute Gasteiger partial charge is 0.0980 e. The Balaban J connectivity index is 2.74. The second kappa shape index (κ2) is 5.28. The molecule has 4 nitrogen and oxygen atoms in total. The zero-order valence-corrected chi connectivity index (χ0v) is 9.97. The minimum atomic E-state index is -0.0440. The monoisotopic (exact) mass is 211 g/mol. The fourth-order valence-corrected chi connectivity index (χ4v) is 1.40. The summed E-state index contributed by atoms with van der Waals surface area (Å²) >= 11 is 0. The molecule has 15 heavy (non-hydrogen) atoms. The molecule has 0 bridgehead atoms. The maximum Gasteiger partial charge on any atom is 0.0980 e. The van der Waals surface area contributed by atoms with E-state index in [4.69, 9.17) is 10.5 Å². The first kappa shape index (κ1) is 12.2. The van der Waals surface area contributed by atoms with Crippen molar-refractivity contribution in [2.24, 2.45) is 5.73 Å². The van der Waals surface area contributed by atoms with Gasteiger partial charge in [0.2, 0.25) is 0 Å². The fraction of sp³-hybridized carbons (Fsp3) is 0.727. The first-order valence-electron chi connectivity index (χ1n) is 5.44. The van der Waals surface area contributed by atoms with Crippen LogP contribution in [0.2, 0.25) is 0 Å². The first-order valence-corrected chi connectivity index (χ1v) is 5.44. The number of rotatable bonds is 5. The average molecular weight is 211 g/mol. The van der Waals surface area contributed by atoms with Crippen LogP contribution in [-0.4, -0.2) is 22.4 Å². The van der Waals surface area contributed by atoms with Crippen LogP contribution in [0.25, 0.3) is 0 Å². The van der Waals surface area contributed by atoms with Crippen molar-refractivity contribution in [3.8, 4) is 0 Å². The van der Waals surface area contributed by atoms with Crippen molar-refractivity contribution in [1.29, 1.82) is 0 Å². The van der Waals surface area contributed by atoms with E-state index in [-0.39, 0.29) is 12.2 Å². The molecule has 0 saturated heterocycles. The lowest BCUT2D eigenvalue weighted by molar-refractivity contribution is 0.0119. The van der Waals surface area contributed by atoms with Crippen LogP contribution in [-0.2, 0) is 4.74 Å². The van der Waals surface area contributed by atoms with Crippen LogP contribution in [0.15, 0.2) is 12.4 Å². The highest BCUT2D eigenvalue weighted by Gasteiger charge is 2.14. The highest BCUT2D eigenvalue weighted by Crippen LogP contribution is 2.18. The second-order valence-corrected chi connectivity index (χ2v) is 4.26. The van der Waals surface area contributed by atoms with Crippen LogP contribution in [0.3, 0.4) is 0 Å². The van der Waals surface area contributed by atoms with Crippen molar-refractivity contribution in [3.05, 3.63) is 18.0 Å². The Hall–Kier alpha value is -0.870. The van der Waals surface area contributed by atoms with Crippen LogP contribution in [0.5, 0.6) is 0 Å². The third kappa shape index (κ3) is 3.32. The van der Waals surface area contributed by atoms with Crippen molar-refractivity contribution in [2.75, 3.05) is 6.54 Å². The molecule has 0 spiro atoms. The third-order valence-electron chi connectivity index (χ3n) is 2.17. The number of nitrogens with two attached hydrogens (primary N) is 1. The van der Waals surface area contributed by atoms with Gasteiger partial charge < -0.3 is 10.5 Å². The van der Waals surface area contributed by atoms with Crippen LogP contribution in [0, 0.1) is 0 Å². The molecular weight excluding hydrogens is 190 g/mol. The lowest BCUT2D eigenvalue weighted by atomic mass is 10.2. The molecule has 1 atom stereocenters.